The van der Waals surface area contributed by atoms with Gasteiger partial charge in [-0.1, -0.05) is 42.5 Å². The van der Waals surface area contributed by atoms with Crippen molar-refractivity contribution in [1.82, 2.24) is 9.97 Å². The molecule has 28 heavy (non-hydrogen) atoms. The number of aromatic nitrogens is 2. The Balaban J connectivity index is 1.49. The first-order valence-electron chi connectivity index (χ1n) is 8.55. The van der Waals surface area contributed by atoms with Gasteiger partial charge in [-0.05, 0) is 23.8 Å². The molecule has 0 amide bonds. The second-order valence-electron chi connectivity index (χ2n) is 5.91. The molecule has 0 saturated carbocycles. The van der Waals surface area contributed by atoms with Crippen LogP contribution in [0.15, 0.2) is 70.9 Å². The summed E-state index contributed by atoms with van der Waals surface area (Å²) in [4.78, 5) is 8.82. The van der Waals surface area contributed by atoms with Crippen molar-refractivity contribution in [2.75, 3.05) is 0 Å². The van der Waals surface area contributed by atoms with Crippen molar-refractivity contribution in [2.45, 2.75) is 6.61 Å². The summed E-state index contributed by atoms with van der Waals surface area (Å²) < 4.78 is 5.72. The monoisotopic (exact) mass is 401 g/mol. The van der Waals surface area contributed by atoms with Crippen LogP contribution in [0, 0.1) is 11.3 Å². The molecule has 0 unspecified atom stereocenters. The van der Waals surface area contributed by atoms with E-state index in [9.17, 15) is 5.26 Å². The van der Waals surface area contributed by atoms with Crippen molar-refractivity contribution in [3.05, 3.63) is 87.1 Å². The molecular weight excluding hydrogens is 386 g/mol. The van der Waals surface area contributed by atoms with Crippen molar-refractivity contribution < 1.29 is 4.74 Å². The molecule has 0 atom stereocenters. The summed E-state index contributed by atoms with van der Waals surface area (Å²) in [5, 5.41) is 14.2. The number of rotatable bonds is 6. The first-order valence-corrected chi connectivity index (χ1v) is 10.4. The van der Waals surface area contributed by atoms with E-state index in [1.165, 1.54) is 11.3 Å². The Labute approximate surface area is 171 Å². The molecule has 6 heteroatoms. The van der Waals surface area contributed by atoms with E-state index in [2.05, 4.69) is 16.0 Å². The van der Waals surface area contributed by atoms with Crippen LogP contribution in [0.2, 0.25) is 0 Å². The maximum Gasteiger partial charge on any atom is 0.134 e. The fourth-order valence-corrected chi connectivity index (χ4v) is 3.91. The number of hydrogen-bond donors (Lipinski definition) is 0. The average Bonchev–Trinajstić information content (AvgIpc) is 3.44. The molecule has 0 radical (unpaired) electrons. The zero-order valence-corrected chi connectivity index (χ0v) is 16.4. The molecule has 136 valence electrons. The highest BCUT2D eigenvalue weighted by Crippen LogP contribution is 2.27. The van der Waals surface area contributed by atoms with Gasteiger partial charge in [0.25, 0.3) is 0 Å². The standard InChI is InChI=1S/C22H15N3OS2/c23-11-18(22-25-21(14-28-22)17-4-2-1-3-5-17)10-16-6-8-20(9-7-16)26-12-19-13-27-15-24-19/h1-10,13-15H,12H2/b18-10-. The minimum absolute atomic E-state index is 0.448. The van der Waals surface area contributed by atoms with Crippen LogP contribution in [0.5, 0.6) is 5.75 Å². The largest absolute Gasteiger partial charge is 0.487 e. The lowest BCUT2D eigenvalue weighted by Gasteiger charge is -2.04. The van der Waals surface area contributed by atoms with E-state index in [1.54, 1.807) is 16.8 Å². The van der Waals surface area contributed by atoms with Gasteiger partial charge in [-0.15, -0.1) is 22.7 Å². The van der Waals surface area contributed by atoms with Crippen molar-refractivity contribution >= 4 is 34.3 Å². The lowest BCUT2D eigenvalue weighted by molar-refractivity contribution is 0.302. The van der Waals surface area contributed by atoms with Crippen LogP contribution in [0.1, 0.15) is 16.3 Å². The minimum Gasteiger partial charge on any atom is -0.487 e. The molecule has 2 aromatic carbocycles. The summed E-state index contributed by atoms with van der Waals surface area (Å²) in [5.41, 5.74) is 6.10. The molecule has 0 aliphatic heterocycles. The normalized spacial score (nSPS) is 11.2. The molecule has 4 rings (SSSR count). The smallest absolute Gasteiger partial charge is 0.134 e. The third-order valence-electron chi connectivity index (χ3n) is 3.99. The Kier molecular flexibility index (Phi) is 5.57. The number of hydrogen-bond acceptors (Lipinski definition) is 6. The fourth-order valence-electron chi connectivity index (χ4n) is 2.57. The quantitative estimate of drug-likeness (QED) is 0.377. The molecule has 0 N–H and O–H groups in total. The van der Waals surface area contributed by atoms with Crippen LogP contribution >= 0.6 is 22.7 Å². The molecule has 0 aliphatic rings. The Morgan fingerprint density at radius 3 is 2.61 bits per heavy atom. The molecule has 4 nitrogen and oxygen atoms in total. The van der Waals surface area contributed by atoms with Crippen molar-refractivity contribution in [3.8, 4) is 23.1 Å². The summed E-state index contributed by atoms with van der Waals surface area (Å²) in [6.07, 6.45) is 1.85. The van der Waals surface area contributed by atoms with Gasteiger partial charge in [-0.2, -0.15) is 5.26 Å². The van der Waals surface area contributed by atoms with Gasteiger partial charge in [0, 0.05) is 16.3 Å². The molecule has 4 aromatic rings. The van der Waals surface area contributed by atoms with Crippen LogP contribution in [0.4, 0.5) is 0 Å². The van der Waals surface area contributed by atoms with Crippen molar-refractivity contribution in [3.63, 3.8) is 0 Å². The van der Waals surface area contributed by atoms with Gasteiger partial charge in [0.1, 0.15) is 23.4 Å². The molecule has 0 aliphatic carbocycles. The van der Waals surface area contributed by atoms with E-state index in [-0.39, 0.29) is 0 Å². The highest BCUT2D eigenvalue weighted by Gasteiger charge is 2.09. The summed E-state index contributed by atoms with van der Waals surface area (Å²) in [6, 6.07) is 19.9. The number of thiazole rings is 2. The number of nitrogens with zero attached hydrogens (tertiary/aromatic N) is 3. The third-order valence-corrected chi connectivity index (χ3v) is 5.50. The zero-order valence-electron chi connectivity index (χ0n) is 14.8. The van der Waals surface area contributed by atoms with Gasteiger partial charge < -0.3 is 4.74 Å². The third kappa shape index (κ3) is 4.34. The van der Waals surface area contributed by atoms with Gasteiger partial charge in [-0.25, -0.2) is 9.97 Å². The Bertz CT molecular complexity index is 1110. The fraction of sp³-hybridized carbons (Fsp3) is 0.0455. The molecule has 2 aromatic heterocycles. The molecule has 2 heterocycles. The van der Waals surface area contributed by atoms with Crippen LogP contribution in [0.3, 0.4) is 0 Å². The number of nitriles is 1. The molecular formula is C22H15N3OS2. The van der Waals surface area contributed by atoms with Crippen LogP contribution in [0.25, 0.3) is 22.9 Å². The van der Waals surface area contributed by atoms with E-state index < -0.39 is 0 Å². The van der Waals surface area contributed by atoms with E-state index >= 15 is 0 Å². The number of allylic oxidation sites excluding steroid dienone is 1. The van der Waals surface area contributed by atoms with E-state index in [4.69, 9.17) is 4.74 Å². The van der Waals surface area contributed by atoms with Crippen LogP contribution in [-0.4, -0.2) is 9.97 Å². The molecule has 0 spiro atoms. The van der Waals surface area contributed by atoms with E-state index in [1.807, 2.05) is 71.4 Å². The zero-order chi connectivity index (χ0) is 19.2. The van der Waals surface area contributed by atoms with Gasteiger partial charge in [-0.3, -0.25) is 0 Å². The van der Waals surface area contributed by atoms with Crippen LogP contribution in [-0.2, 0) is 6.61 Å². The minimum atomic E-state index is 0.448. The second kappa shape index (κ2) is 8.61. The summed E-state index contributed by atoms with van der Waals surface area (Å²) in [6.45, 7) is 0.448. The highest BCUT2D eigenvalue weighted by atomic mass is 32.1. The average molecular weight is 402 g/mol. The van der Waals surface area contributed by atoms with Crippen molar-refractivity contribution in [1.29, 1.82) is 5.26 Å². The Morgan fingerprint density at radius 1 is 1.07 bits per heavy atom. The number of ether oxygens (including phenoxy) is 1. The Hall–Kier alpha value is -3.27. The maximum atomic E-state index is 9.58. The van der Waals surface area contributed by atoms with E-state index in [0.717, 1.165) is 28.3 Å². The first kappa shape index (κ1) is 18.1. The van der Waals surface area contributed by atoms with Crippen LogP contribution < -0.4 is 4.74 Å². The highest BCUT2D eigenvalue weighted by molar-refractivity contribution is 7.11. The first-order chi connectivity index (χ1) is 13.8. The molecule has 0 saturated heterocycles. The predicted octanol–water partition coefficient (Wildman–Crippen LogP) is 5.91. The molecule has 0 fully saturated rings. The van der Waals surface area contributed by atoms with Gasteiger partial charge in [0.2, 0.25) is 0 Å². The topological polar surface area (TPSA) is 58.8 Å². The molecule has 0 bridgehead atoms. The Morgan fingerprint density at radius 2 is 1.89 bits per heavy atom. The lowest BCUT2D eigenvalue weighted by Crippen LogP contribution is -1.95. The van der Waals surface area contributed by atoms with Crippen molar-refractivity contribution in [2.24, 2.45) is 0 Å². The predicted molar refractivity (Wildman–Crippen MR) is 114 cm³/mol. The van der Waals surface area contributed by atoms with E-state index in [0.29, 0.717) is 17.2 Å². The maximum absolute atomic E-state index is 9.58. The lowest BCUT2D eigenvalue weighted by atomic mass is 10.1. The SMILES string of the molecule is N#C/C(=C/c1ccc(OCc2cscn2)cc1)c1nc(-c2ccccc2)cs1. The van der Waals surface area contributed by atoms with Gasteiger partial charge in [0.15, 0.2) is 0 Å². The van der Waals surface area contributed by atoms with Gasteiger partial charge in [0.05, 0.1) is 22.5 Å². The number of benzene rings is 2. The summed E-state index contributed by atoms with van der Waals surface area (Å²) in [7, 11) is 0. The summed E-state index contributed by atoms with van der Waals surface area (Å²) >= 11 is 3.02. The van der Waals surface area contributed by atoms with Gasteiger partial charge >= 0.3 is 0 Å². The summed E-state index contributed by atoms with van der Waals surface area (Å²) in [5.74, 6) is 0.768. The second-order valence-corrected chi connectivity index (χ2v) is 7.49.